The van der Waals surface area contributed by atoms with Crippen LogP contribution in [0.5, 0.6) is 0 Å². The van der Waals surface area contributed by atoms with E-state index in [0.29, 0.717) is 0 Å². The van der Waals surface area contributed by atoms with E-state index in [1.54, 1.807) is 0 Å². The minimum Gasteiger partial charge on any atom is -0.456 e. The highest BCUT2D eigenvalue weighted by atomic mass is 32.1. The summed E-state index contributed by atoms with van der Waals surface area (Å²) in [6.07, 6.45) is 0. The first kappa shape index (κ1) is 36.5. The molecule has 4 heteroatoms. The number of aromatic nitrogens is 1. The molecule has 0 N–H and O–H groups in total. The Balaban J connectivity index is 1.09. The van der Waals surface area contributed by atoms with E-state index >= 15 is 0 Å². The largest absolute Gasteiger partial charge is 0.456 e. The number of benzene rings is 10. The third kappa shape index (κ3) is 5.88. The predicted octanol–water partition coefficient (Wildman–Crippen LogP) is 17.5. The zero-order valence-corrected chi connectivity index (χ0v) is 35.5. The summed E-state index contributed by atoms with van der Waals surface area (Å²) in [5.41, 5.74) is 15.6. The Bertz CT molecular complexity index is 3850. The first-order chi connectivity index (χ1) is 31.7. The number of hydrogen-bond donors (Lipinski definition) is 0. The summed E-state index contributed by atoms with van der Waals surface area (Å²) in [6.45, 7) is 0. The second-order valence-electron chi connectivity index (χ2n) is 16.5. The van der Waals surface area contributed by atoms with Crippen molar-refractivity contribution in [1.82, 2.24) is 4.57 Å². The lowest BCUT2D eigenvalue weighted by Crippen LogP contribution is -2.11. The standard InChI is InChI=1S/C60H38N2OS/c1-4-15-39(16-5-1)42-28-33-56-51(35-42)52-38-46(29-34-57(52)63-56)61(44-21-14-22-45(37-44)62-53-25-12-10-23-48(53)49-24-11-13-26-54(49)62)55-32-31-47(41-19-8-3-9-20-41)60-59(55)50-30-27-43(36-58(50)64-60)40-17-6-2-7-18-40/h1-38H. The fourth-order valence-electron chi connectivity index (χ4n) is 9.82. The van der Waals surface area contributed by atoms with Crippen molar-refractivity contribution in [1.29, 1.82) is 0 Å². The van der Waals surface area contributed by atoms with Gasteiger partial charge in [-0.2, -0.15) is 0 Å². The molecule has 3 heterocycles. The van der Waals surface area contributed by atoms with Crippen LogP contribution in [0.4, 0.5) is 17.1 Å². The summed E-state index contributed by atoms with van der Waals surface area (Å²) in [4.78, 5) is 2.46. The number of nitrogens with zero attached hydrogens (tertiary/aromatic N) is 2. The Kier molecular flexibility index (Phi) is 8.40. The minimum atomic E-state index is 0.863. The molecular weight excluding hydrogens is 797 g/mol. The van der Waals surface area contributed by atoms with Crippen molar-refractivity contribution in [3.05, 3.63) is 231 Å². The van der Waals surface area contributed by atoms with E-state index in [2.05, 4.69) is 240 Å². The van der Waals surface area contributed by atoms with E-state index in [0.717, 1.165) is 50.3 Å². The van der Waals surface area contributed by atoms with Crippen LogP contribution in [0.25, 0.3) is 103 Å². The predicted molar refractivity (Wildman–Crippen MR) is 272 cm³/mol. The maximum Gasteiger partial charge on any atom is 0.135 e. The van der Waals surface area contributed by atoms with Gasteiger partial charge in [0.15, 0.2) is 0 Å². The van der Waals surface area contributed by atoms with Gasteiger partial charge in [0.05, 0.1) is 16.7 Å². The van der Waals surface area contributed by atoms with Crippen LogP contribution >= 0.6 is 11.3 Å². The Morgan fingerprint density at radius 2 is 0.953 bits per heavy atom. The number of hydrogen-bond acceptors (Lipinski definition) is 3. The zero-order valence-electron chi connectivity index (χ0n) is 34.7. The van der Waals surface area contributed by atoms with Gasteiger partial charge in [-0.05, 0) is 106 Å². The van der Waals surface area contributed by atoms with E-state index in [-0.39, 0.29) is 0 Å². The van der Waals surface area contributed by atoms with Crippen LogP contribution < -0.4 is 4.90 Å². The third-order valence-corrected chi connectivity index (χ3v) is 14.0. The van der Waals surface area contributed by atoms with Crippen LogP contribution in [0.2, 0.25) is 0 Å². The molecule has 0 radical (unpaired) electrons. The van der Waals surface area contributed by atoms with Crippen molar-refractivity contribution in [2.24, 2.45) is 0 Å². The Morgan fingerprint density at radius 3 is 1.66 bits per heavy atom. The van der Waals surface area contributed by atoms with E-state index in [1.165, 1.54) is 69.8 Å². The van der Waals surface area contributed by atoms with Gasteiger partial charge in [0.2, 0.25) is 0 Å². The molecule has 0 spiro atoms. The summed E-state index contributed by atoms with van der Waals surface area (Å²) < 4.78 is 11.5. The van der Waals surface area contributed by atoms with Gasteiger partial charge in [-0.15, -0.1) is 11.3 Å². The first-order valence-electron chi connectivity index (χ1n) is 21.7. The molecule has 0 aliphatic carbocycles. The summed E-state index contributed by atoms with van der Waals surface area (Å²) in [5.74, 6) is 0. The molecular formula is C60H38N2OS. The van der Waals surface area contributed by atoms with Crippen LogP contribution in [0.3, 0.4) is 0 Å². The van der Waals surface area contributed by atoms with Gasteiger partial charge in [0.1, 0.15) is 11.2 Å². The summed E-state index contributed by atoms with van der Waals surface area (Å²) in [6, 6.07) is 83.5. The highest BCUT2D eigenvalue weighted by Crippen LogP contribution is 2.50. The Labute approximate surface area is 373 Å². The van der Waals surface area contributed by atoms with E-state index in [1.807, 2.05) is 11.3 Å². The first-order valence-corrected chi connectivity index (χ1v) is 22.6. The average Bonchev–Trinajstić information content (AvgIpc) is 4.04. The van der Waals surface area contributed by atoms with Crippen LogP contribution in [0.1, 0.15) is 0 Å². The van der Waals surface area contributed by atoms with E-state index in [9.17, 15) is 0 Å². The molecule has 13 rings (SSSR count). The minimum absolute atomic E-state index is 0.863. The van der Waals surface area contributed by atoms with Crippen molar-refractivity contribution in [2.45, 2.75) is 0 Å². The lowest BCUT2D eigenvalue weighted by atomic mass is 9.98. The maximum atomic E-state index is 6.55. The number of thiophene rings is 1. The molecule has 3 aromatic heterocycles. The number of rotatable bonds is 7. The molecule has 0 aliphatic heterocycles. The van der Waals surface area contributed by atoms with Crippen molar-refractivity contribution in [3.8, 4) is 39.1 Å². The highest BCUT2D eigenvalue weighted by molar-refractivity contribution is 7.26. The molecule has 0 saturated heterocycles. The topological polar surface area (TPSA) is 21.3 Å². The monoisotopic (exact) mass is 834 g/mol. The van der Waals surface area contributed by atoms with Crippen LogP contribution in [0.15, 0.2) is 235 Å². The van der Waals surface area contributed by atoms with Crippen LogP contribution in [-0.2, 0) is 0 Å². The normalized spacial score (nSPS) is 11.8. The summed E-state index contributed by atoms with van der Waals surface area (Å²) in [5, 5.41) is 7.12. The lowest BCUT2D eigenvalue weighted by molar-refractivity contribution is 0.669. The SMILES string of the molecule is c1ccc(-c2ccc3c(c2)sc2c(-c4ccccc4)ccc(N(c4cccc(-n5c6ccccc6c6ccccc65)c4)c4ccc5oc6ccc(-c7ccccc7)cc6c5c4)c23)cc1. The van der Waals surface area contributed by atoms with Gasteiger partial charge >= 0.3 is 0 Å². The number of para-hydroxylation sites is 2. The summed E-state index contributed by atoms with van der Waals surface area (Å²) >= 11 is 1.88. The van der Waals surface area contributed by atoms with Gasteiger partial charge in [0, 0.05) is 58.8 Å². The Morgan fingerprint density at radius 1 is 0.375 bits per heavy atom. The van der Waals surface area contributed by atoms with Gasteiger partial charge in [-0.3, -0.25) is 0 Å². The van der Waals surface area contributed by atoms with Crippen molar-refractivity contribution >= 4 is 92.3 Å². The van der Waals surface area contributed by atoms with E-state index < -0.39 is 0 Å². The van der Waals surface area contributed by atoms with Crippen molar-refractivity contribution in [3.63, 3.8) is 0 Å². The van der Waals surface area contributed by atoms with Crippen LogP contribution in [-0.4, -0.2) is 4.57 Å². The van der Waals surface area contributed by atoms with Gasteiger partial charge in [-0.25, -0.2) is 0 Å². The highest BCUT2D eigenvalue weighted by Gasteiger charge is 2.23. The van der Waals surface area contributed by atoms with Gasteiger partial charge in [0.25, 0.3) is 0 Å². The average molecular weight is 835 g/mol. The van der Waals surface area contributed by atoms with Crippen molar-refractivity contribution in [2.75, 3.05) is 4.90 Å². The maximum absolute atomic E-state index is 6.55. The second kappa shape index (κ2) is 14.7. The third-order valence-electron chi connectivity index (χ3n) is 12.8. The molecule has 10 aromatic carbocycles. The second-order valence-corrected chi connectivity index (χ2v) is 17.5. The molecule has 0 atom stereocenters. The number of furan rings is 1. The lowest BCUT2D eigenvalue weighted by Gasteiger charge is -2.28. The fraction of sp³-hybridized carbons (Fsp3) is 0. The molecule has 0 aliphatic rings. The van der Waals surface area contributed by atoms with Crippen LogP contribution in [0, 0.1) is 0 Å². The summed E-state index contributed by atoms with van der Waals surface area (Å²) in [7, 11) is 0. The molecule has 3 nitrogen and oxygen atoms in total. The molecule has 64 heavy (non-hydrogen) atoms. The molecule has 300 valence electrons. The van der Waals surface area contributed by atoms with E-state index in [4.69, 9.17) is 4.42 Å². The molecule has 0 saturated carbocycles. The van der Waals surface area contributed by atoms with Gasteiger partial charge in [-0.1, -0.05) is 158 Å². The van der Waals surface area contributed by atoms with Crippen molar-refractivity contribution < 1.29 is 4.42 Å². The smallest absolute Gasteiger partial charge is 0.135 e. The quantitative estimate of drug-likeness (QED) is 0.159. The molecule has 13 aromatic rings. The molecule has 0 fully saturated rings. The number of anilines is 3. The molecule has 0 unspecified atom stereocenters. The molecule has 0 amide bonds. The number of fused-ring (bicyclic) bond motifs is 9. The zero-order chi connectivity index (χ0) is 42.1. The molecule has 0 bridgehead atoms. The fourth-order valence-corrected chi connectivity index (χ4v) is 11.1. The Hall–Kier alpha value is -8.18. The van der Waals surface area contributed by atoms with Gasteiger partial charge < -0.3 is 13.9 Å².